The van der Waals surface area contributed by atoms with E-state index in [9.17, 15) is 22.0 Å². The van der Waals surface area contributed by atoms with Gasteiger partial charge in [-0.05, 0) is 24.3 Å². The van der Waals surface area contributed by atoms with Crippen LogP contribution in [0.1, 0.15) is 6.92 Å². The number of rotatable bonds is 6. The van der Waals surface area contributed by atoms with Crippen LogP contribution in [0.4, 0.5) is 27.6 Å². The summed E-state index contributed by atoms with van der Waals surface area (Å²) in [6.45, 7) is 1.64. The summed E-state index contributed by atoms with van der Waals surface area (Å²) in [7, 11) is 1.42. The standard InChI is InChI=1S/C15H17F5N2O2/c1-9(13-21-7-8-24-13)12(14(16,17)15(18,19)20)22-10-3-5-11(23-2)6-4-10/h3-6,9,12,22H,7-8H2,1-2H3/t9-,12+/m0/s1. The molecular weight excluding hydrogens is 335 g/mol. The van der Waals surface area contributed by atoms with E-state index in [0.717, 1.165) is 0 Å². The number of halogens is 5. The average molecular weight is 352 g/mol. The maximum atomic E-state index is 14.0. The number of nitrogens with zero attached hydrogens (tertiary/aromatic N) is 1. The zero-order valence-electron chi connectivity index (χ0n) is 13.0. The third-order valence-electron chi connectivity index (χ3n) is 3.68. The first kappa shape index (κ1) is 18.3. The van der Waals surface area contributed by atoms with E-state index in [0.29, 0.717) is 5.75 Å². The van der Waals surface area contributed by atoms with Crippen LogP contribution in [0.5, 0.6) is 5.75 Å². The molecule has 0 aliphatic carbocycles. The highest BCUT2D eigenvalue weighted by Gasteiger charge is 2.64. The first-order valence-corrected chi connectivity index (χ1v) is 7.19. The highest BCUT2D eigenvalue weighted by Crippen LogP contribution is 2.42. The van der Waals surface area contributed by atoms with Gasteiger partial charge in [0, 0.05) is 5.69 Å². The van der Waals surface area contributed by atoms with Crippen LogP contribution in [0, 0.1) is 5.92 Å². The molecule has 1 aromatic rings. The molecule has 24 heavy (non-hydrogen) atoms. The molecule has 0 fully saturated rings. The van der Waals surface area contributed by atoms with Gasteiger partial charge in [-0.15, -0.1) is 0 Å². The average Bonchev–Trinajstić information content (AvgIpc) is 3.05. The fourth-order valence-electron chi connectivity index (χ4n) is 2.34. The van der Waals surface area contributed by atoms with Gasteiger partial charge < -0.3 is 14.8 Å². The number of anilines is 1. The maximum absolute atomic E-state index is 14.0. The Morgan fingerprint density at radius 2 is 1.79 bits per heavy atom. The van der Waals surface area contributed by atoms with Crippen LogP contribution in [0.2, 0.25) is 0 Å². The summed E-state index contributed by atoms with van der Waals surface area (Å²) < 4.78 is 76.6. The molecule has 9 heteroatoms. The molecule has 1 aliphatic heterocycles. The van der Waals surface area contributed by atoms with Gasteiger partial charge in [-0.25, -0.2) is 0 Å². The third kappa shape index (κ3) is 3.70. The van der Waals surface area contributed by atoms with E-state index < -0.39 is 24.1 Å². The molecule has 2 rings (SSSR count). The van der Waals surface area contributed by atoms with E-state index in [1.54, 1.807) is 0 Å². The van der Waals surface area contributed by atoms with Crippen LogP contribution in [0.3, 0.4) is 0 Å². The van der Waals surface area contributed by atoms with E-state index in [-0.39, 0.29) is 24.7 Å². The van der Waals surface area contributed by atoms with Gasteiger partial charge >= 0.3 is 12.1 Å². The van der Waals surface area contributed by atoms with Gasteiger partial charge in [0.2, 0.25) is 0 Å². The summed E-state index contributed by atoms with van der Waals surface area (Å²) in [5.41, 5.74) is 0.107. The van der Waals surface area contributed by atoms with Crippen LogP contribution in [0.15, 0.2) is 29.3 Å². The summed E-state index contributed by atoms with van der Waals surface area (Å²) in [6, 6.07) is 3.38. The fraction of sp³-hybridized carbons (Fsp3) is 0.533. The second-order valence-corrected chi connectivity index (χ2v) is 5.33. The van der Waals surface area contributed by atoms with Crippen LogP contribution in [-0.4, -0.2) is 44.3 Å². The van der Waals surface area contributed by atoms with Crippen LogP contribution in [0.25, 0.3) is 0 Å². The molecule has 2 atom stereocenters. The highest BCUT2D eigenvalue weighted by molar-refractivity contribution is 5.81. The van der Waals surface area contributed by atoms with E-state index in [1.807, 2.05) is 0 Å². The molecule has 0 amide bonds. The molecule has 0 aromatic heterocycles. The summed E-state index contributed by atoms with van der Waals surface area (Å²) in [5.74, 6) is -5.90. The second-order valence-electron chi connectivity index (χ2n) is 5.33. The van der Waals surface area contributed by atoms with Gasteiger partial charge in [0.05, 0.1) is 19.6 Å². The third-order valence-corrected chi connectivity index (χ3v) is 3.68. The summed E-state index contributed by atoms with van der Waals surface area (Å²) >= 11 is 0. The number of nitrogens with one attached hydrogen (secondary N) is 1. The molecule has 1 aliphatic rings. The number of hydrogen-bond acceptors (Lipinski definition) is 4. The molecular formula is C15H17F5N2O2. The molecule has 1 heterocycles. The van der Waals surface area contributed by atoms with E-state index in [4.69, 9.17) is 9.47 Å². The maximum Gasteiger partial charge on any atom is 0.455 e. The number of hydrogen-bond donors (Lipinski definition) is 1. The molecule has 1 aromatic carbocycles. The molecule has 134 valence electrons. The highest BCUT2D eigenvalue weighted by atomic mass is 19.4. The van der Waals surface area contributed by atoms with Crippen molar-refractivity contribution in [3.05, 3.63) is 24.3 Å². The predicted octanol–water partition coefficient (Wildman–Crippen LogP) is 3.74. The van der Waals surface area contributed by atoms with E-state index >= 15 is 0 Å². The number of aliphatic imine (C=N–C) groups is 1. The van der Waals surface area contributed by atoms with Gasteiger partial charge in [0.25, 0.3) is 0 Å². The Morgan fingerprint density at radius 1 is 1.17 bits per heavy atom. The van der Waals surface area contributed by atoms with E-state index in [2.05, 4.69) is 10.3 Å². The molecule has 0 saturated carbocycles. The van der Waals surface area contributed by atoms with Crippen molar-refractivity contribution in [2.75, 3.05) is 25.6 Å². The quantitative estimate of drug-likeness (QED) is 0.793. The Kier molecular flexibility index (Phi) is 5.19. The Bertz CT molecular complexity index is 587. The van der Waals surface area contributed by atoms with Crippen molar-refractivity contribution < 1.29 is 31.4 Å². The SMILES string of the molecule is COc1ccc(N[C@H]([C@H](C)C2=NCCO2)C(F)(F)C(F)(F)F)cc1. The number of ether oxygens (including phenoxy) is 2. The Morgan fingerprint density at radius 3 is 2.25 bits per heavy atom. The largest absolute Gasteiger partial charge is 0.497 e. The lowest BCUT2D eigenvalue weighted by atomic mass is 9.94. The van der Waals surface area contributed by atoms with Crippen molar-refractivity contribution in [3.63, 3.8) is 0 Å². The smallest absolute Gasteiger partial charge is 0.455 e. The van der Waals surface area contributed by atoms with Crippen LogP contribution < -0.4 is 10.1 Å². The lowest BCUT2D eigenvalue weighted by Crippen LogP contribution is -2.55. The topological polar surface area (TPSA) is 42.8 Å². The van der Waals surface area contributed by atoms with Crippen molar-refractivity contribution >= 4 is 11.6 Å². The Hall–Kier alpha value is -2.06. The zero-order valence-corrected chi connectivity index (χ0v) is 13.0. The molecule has 0 radical (unpaired) electrons. The molecule has 0 saturated heterocycles. The summed E-state index contributed by atoms with van der Waals surface area (Å²) in [6.07, 6.45) is -5.70. The minimum absolute atomic E-state index is 0.107. The van der Waals surface area contributed by atoms with Gasteiger partial charge in [-0.1, -0.05) is 6.92 Å². The minimum Gasteiger partial charge on any atom is -0.497 e. The van der Waals surface area contributed by atoms with Crippen molar-refractivity contribution in [1.29, 1.82) is 0 Å². The monoisotopic (exact) mass is 352 g/mol. The van der Waals surface area contributed by atoms with Crippen molar-refractivity contribution in [2.45, 2.75) is 25.1 Å². The van der Waals surface area contributed by atoms with E-state index in [1.165, 1.54) is 38.3 Å². The molecule has 0 bridgehead atoms. The van der Waals surface area contributed by atoms with Crippen molar-refractivity contribution in [2.24, 2.45) is 10.9 Å². The number of benzene rings is 1. The van der Waals surface area contributed by atoms with Gasteiger partial charge in [-0.3, -0.25) is 4.99 Å². The minimum atomic E-state index is -5.70. The normalized spacial score (nSPS) is 17.7. The van der Waals surface area contributed by atoms with Gasteiger partial charge in [-0.2, -0.15) is 22.0 Å². The van der Waals surface area contributed by atoms with Gasteiger partial charge in [0.1, 0.15) is 18.4 Å². The molecule has 0 unspecified atom stereocenters. The van der Waals surface area contributed by atoms with Crippen molar-refractivity contribution in [1.82, 2.24) is 0 Å². The summed E-state index contributed by atoms with van der Waals surface area (Å²) in [5, 5.41) is 2.27. The first-order chi connectivity index (χ1) is 11.2. The van der Waals surface area contributed by atoms with Crippen LogP contribution >= 0.6 is 0 Å². The summed E-state index contributed by atoms with van der Waals surface area (Å²) in [4.78, 5) is 3.85. The Labute approximate surface area is 135 Å². The van der Waals surface area contributed by atoms with Crippen LogP contribution in [-0.2, 0) is 4.74 Å². The molecule has 1 N–H and O–H groups in total. The van der Waals surface area contributed by atoms with Crippen molar-refractivity contribution in [3.8, 4) is 5.75 Å². The molecule has 0 spiro atoms. The van der Waals surface area contributed by atoms with Gasteiger partial charge in [0.15, 0.2) is 5.90 Å². The Balaban J connectivity index is 2.30. The zero-order chi connectivity index (χ0) is 18.0. The number of alkyl halides is 5. The number of methoxy groups -OCH3 is 1. The molecule has 4 nitrogen and oxygen atoms in total. The fourth-order valence-corrected chi connectivity index (χ4v) is 2.34. The predicted molar refractivity (Wildman–Crippen MR) is 78.8 cm³/mol. The lowest BCUT2D eigenvalue weighted by molar-refractivity contribution is -0.289. The second kappa shape index (κ2) is 6.82. The first-order valence-electron chi connectivity index (χ1n) is 7.19. The lowest BCUT2D eigenvalue weighted by Gasteiger charge is -2.33.